The zero-order valence-corrected chi connectivity index (χ0v) is 16.9. The van der Waals surface area contributed by atoms with Crippen molar-refractivity contribution >= 4 is 29.1 Å². The molecule has 0 aliphatic carbocycles. The van der Waals surface area contributed by atoms with Gasteiger partial charge in [-0.05, 0) is 56.5 Å². The highest BCUT2D eigenvalue weighted by molar-refractivity contribution is 6.31. The number of benzene rings is 2. The van der Waals surface area contributed by atoms with Crippen molar-refractivity contribution in [1.82, 2.24) is 9.97 Å². The second-order valence-corrected chi connectivity index (χ2v) is 7.52. The highest BCUT2D eigenvalue weighted by Crippen LogP contribution is 2.37. The molecule has 6 heteroatoms. The van der Waals surface area contributed by atoms with Crippen molar-refractivity contribution in [3.05, 3.63) is 75.7 Å². The molecule has 1 aliphatic heterocycles. The van der Waals surface area contributed by atoms with Gasteiger partial charge in [-0.25, -0.2) is 9.37 Å². The van der Waals surface area contributed by atoms with Gasteiger partial charge < -0.3 is 10.2 Å². The summed E-state index contributed by atoms with van der Waals surface area (Å²) in [4.78, 5) is 11.5. The summed E-state index contributed by atoms with van der Waals surface area (Å²) in [5.41, 5.74) is 4.68. The Kier molecular flexibility index (Phi) is 4.94. The van der Waals surface area contributed by atoms with E-state index in [1.807, 2.05) is 26.0 Å². The van der Waals surface area contributed by atoms with Gasteiger partial charge in [0.25, 0.3) is 0 Å². The smallest absolute Gasteiger partial charge is 0.229 e. The van der Waals surface area contributed by atoms with Crippen LogP contribution in [0.15, 0.2) is 42.5 Å². The third-order valence-corrected chi connectivity index (χ3v) is 5.79. The highest BCUT2D eigenvalue weighted by Gasteiger charge is 2.28. The van der Waals surface area contributed by atoms with Crippen molar-refractivity contribution < 1.29 is 4.39 Å². The summed E-state index contributed by atoms with van der Waals surface area (Å²) in [7, 11) is 0. The Morgan fingerprint density at radius 1 is 1.11 bits per heavy atom. The first kappa shape index (κ1) is 18.7. The summed E-state index contributed by atoms with van der Waals surface area (Å²) in [5, 5.41) is 3.84. The molecule has 1 unspecified atom stereocenters. The van der Waals surface area contributed by atoms with Crippen molar-refractivity contribution in [2.75, 3.05) is 16.8 Å². The van der Waals surface area contributed by atoms with Crippen molar-refractivity contribution in [1.29, 1.82) is 0 Å². The molecule has 0 fully saturated rings. The summed E-state index contributed by atoms with van der Waals surface area (Å²) < 4.78 is 14.0. The number of hydrogen-bond donors (Lipinski definition) is 1. The van der Waals surface area contributed by atoms with Crippen LogP contribution in [0.4, 0.5) is 21.8 Å². The first-order valence-electron chi connectivity index (χ1n) is 9.36. The van der Waals surface area contributed by atoms with Crippen LogP contribution in [-0.4, -0.2) is 16.5 Å². The van der Waals surface area contributed by atoms with Gasteiger partial charge in [0, 0.05) is 22.8 Å². The maximum Gasteiger partial charge on any atom is 0.229 e. The van der Waals surface area contributed by atoms with Crippen molar-refractivity contribution in [2.24, 2.45) is 0 Å². The number of aromatic nitrogens is 2. The molecule has 2 aromatic carbocycles. The molecule has 0 radical (unpaired) electrons. The Hall–Kier alpha value is -2.66. The third-order valence-electron chi connectivity index (χ3n) is 5.43. The molecule has 0 saturated carbocycles. The summed E-state index contributed by atoms with van der Waals surface area (Å²) in [6, 6.07) is 12.7. The molecule has 4 rings (SSSR count). The first-order valence-corrected chi connectivity index (χ1v) is 9.74. The van der Waals surface area contributed by atoms with E-state index in [1.54, 1.807) is 18.2 Å². The predicted octanol–water partition coefficient (Wildman–Crippen LogP) is 5.75. The number of nitrogens with one attached hydrogen (secondary N) is 1. The fourth-order valence-corrected chi connectivity index (χ4v) is 4.02. The van der Waals surface area contributed by atoms with Crippen LogP contribution in [0.1, 0.15) is 35.3 Å². The monoisotopic (exact) mass is 396 g/mol. The Balaban J connectivity index is 1.72. The van der Waals surface area contributed by atoms with Gasteiger partial charge in [-0.3, -0.25) is 0 Å². The van der Waals surface area contributed by atoms with Gasteiger partial charge >= 0.3 is 0 Å². The lowest BCUT2D eigenvalue weighted by Gasteiger charge is -2.37. The maximum atomic E-state index is 14.0. The van der Waals surface area contributed by atoms with Crippen LogP contribution in [0.5, 0.6) is 0 Å². The third kappa shape index (κ3) is 3.31. The van der Waals surface area contributed by atoms with Crippen LogP contribution in [0.25, 0.3) is 0 Å². The number of halogens is 2. The van der Waals surface area contributed by atoms with Crippen LogP contribution in [0, 0.1) is 19.7 Å². The van der Waals surface area contributed by atoms with Crippen molar-refractivity contribution in [3.8, 4) is 0 Å². The topological polar surface area (TPSA) is 41.1 Å². The van der Waals surface area contributed by atoms with Gasteiger partial charge in [-0.15, -0.1) is 0 Å². The van der Waals surface area contributed by atoms with Crippen LogP contribution >= 0.6 is 11.6 Å². The first-order chi connectivity index (χ1) is 13.5. The molecule has 0 saturated heterocycles. The number of hydrogen-bond acceptors (Lipinski definition) is 4. The predicted molar refractivity (Wildman–Crippen MR) is 112 cm³/mol. The average Bonchev–Trinajstić information content (AvgIpc) is 2.68. The standard InChI is InChI=1S/C22H22ClFN4/c1-13-14(2)25-22(26-20-10-5-4-9-19(20)24)27-21(13)28-12-11-17-16(15(28)3)7-6-8-18(17)23/h4-10,15H,11-12H2,1-3H3,(H,25,26,27). The maximum absolute atomic E-state index is 14.0. The van der Waals surface area contributed by atoms with Gasteiger partial charge in [0.05, 0.1) is 11.7 Å². The second kappa shape index (κ2) is 7.40. The average molecular weight is 397 g/mol. The van der Waals surface area contributed by atoms with Crippen LogP contribution < -0.4 is 10.2 Å². The van der Waals surface area contributed by atoms with Gasteiger partial charge in [-0.2, -0.15) is 4.98 Å². The van der Waals surface area contributed by atoms with E-state index in [4.69, 9.17) is 16.6 Å². The molecule has 1 atom stereocenters. The summed E-state index contributed by atoms with van der Waals surface area (Å²) in [6.45, 7) is 6.95. The summed E-state index contributed by atoms with van der Waals surface area (Å²) in [6.07, 6.45) is 0.859. The Labute approximate surface area is 169 Å². The second-order valence-electron chi connectivity index (χ2n) is 7.11. The largest absolute Gasteiger partial charge is 0.349 e. The number of fused-ring (bicyclic) bond motifs is 1. The van der Waals surface area contributed by atoms with E-state index >= 15 is 0 Å². The van der Waals surface area contributed by atoms with Crippen molar-refractivity contribution in [3.63, 3.8) is 0 Å². The van der Waals surface area contributed by atoms with Crippen LogP contribution in [0.3, 0.4) is 0 Å². The Bertz CT molecular complexity index is 1040. The minimum absolute atomic E-state index is 0.136. The van der Waals surface area contributed by atoms with Crippen LogP contribution in [0.2, 0.25) is 5.02 Å². The molecule has 3 aromatic rings. The van der Waals surface area contributed by atoms with Gasteiger partial charge in [0.1, 0.15) is 11.6 Å². The van der Waals surface area contributed by atoms with E-state index in [1.165, 1.54) is 17.2 Å². The fourth-order valence-electron chi connectivity index (χ4n) is 3.75. The lowest BCUT2D eigenvalue weighted by Crippen LogP contribution is -2.35. The van der Waals surface area contributed by atoms with Gasteiger partial charge in [0.15, 0.2) is 0 Å². The molecular formula is C22H22ClFN4. The summed E-state index contributed by atoms with van der Waals surface area (Å²) >= 11 is 6.40. The molecule has 0 amide bonds. The number of aryl methyl sites for hydroxylation is 1. The highest BCUT2D eigenvalue weighted by atomic mass is 35.5. The van der Waals surface area contributed by atoms with E-state index in [0.29, 0.717) is 11.6 Å². The number of rotatable bonds is 3. The fraction of sp³-hybridized carbons (Fsp3) is 0.273. The van der Waals surface area contributed by atoms with Crippen LogP contribution in [-0.2, 0) is 6.42 Å². The van der Waals surface area contributed by atoms with Gasteiger partial charge in [0.2, 0.25) is 5.95 Å². The van der Waals surface area contributed by atoms with E-state index in [2.05, 4.69) is 28.2 Å². The molecule has 4 nitrogen and oxygen atoms in total. The Morgan fingerprint density at radius 2 is 1.89 bits per heavy atom. The van der Waals surface area contributed by atoms with Crippen molar-refractivity contribution in [2.45, 2.75) is 33.2 Å². The van der Waals surface area contributed by atoms with E-state index in [0.717, 1.165) is 35.1 Å². The molecule has 1 aliphatic rings. The minimum Gasteiger partial charge on any atom is -0.349 e. The van der Waals surface area contributed by atoms with E-state index < -0.39 is 0 Å². The summed E-state index contributed by atoms with van der Waals surface area (Å²) in [5.74, 6) is 0.928. The molecular weight excluding hydrogens is 375 g/mol. The number of para-hydroxylation sites is 1. The quantitative estimate of drug-likeness (QED) is 0.611. The molecule has 0 bridgehead atoms. The number of nitrogens with zero attached hydrogens (tertiary/aromatic N) is 3. The zero-order chi connectivity index (χ0) is 19.8. The molecule has 1 N–H and O–H groups in total. The van der Waals surface area contributed by atoms with Gasteiger partial charge in [-0.1, -0.05) is 35.9 Å². The number of anilines is 3. The van der Waals surface area contributed by atoms with E-state index in [9.17, 15) is 4.39 Å². The molecule has 1 aromatic heterocycles. The molecule has 28 heavy (non-hydrogen) atoms. The SMILES string of the molecule is Cc1nc(Nc2ccccc2F)nc(N2CCc3c(Cl)cccc3C2C)c1C. The minimum atomic E-state index is -0.333. The molecule has 0 spiro atoms. The lowest BCUT2D eigenvalue weighted by atomic mass is 9.93. The zero-order valence-electron chi connectivity index (χ0n) is 16.1. The lowest BCUT2D eigenvalue weighted by molar-refractivity contribution is 0.614. The molecule has 2 heterocycles. The molecule has 144 valence electrons. The Morgan fingerprint density at radius 3 is 2.68 bits per heavy atom. The van der Waals surface area contributed by atoms with E-state index in [-0.39, 0.29) is 11.9 Å². The normalized spacial score (nSPS) is 16.0.